The minimum Gasteiger partial charge on any atom is -0.411 e. The Hall–Kier alpha value is -1.61. The average Bonchev–Trinajstić information content (AvgIpc) is 2.47. The summed E-state index contributed by atoms with van der Waals surface area (Å²) in [5.74, 6) is 0. The Balaban J connectivity index is 1.79. The molecule has 1 aliphatic heterocycles. The third-order valence-corrected chi connectivity index (χ3v) is 4.45. The molecule has 0 fully saturated rings. The van der Waals surface area contributed by atoms with Crippen molar-refractivity contribution in [1.29, 1.82) is 0 Å². The van der Waals surface area contributed by atoms with Gasteiger partial charge in [-0.05, 0) is 43.2 Å². The number of hydrogen-bond acceptors (Lipinski definition) is 3. The monoisotopic (exact) mass is 270 g/mol. The van der Waals surface area contributed by atoms with Crippen LogP contribution in [-0.2, 0) is 13.0 Å². The second-order valence-corrected chi connectivity index (χ2v) is 5.68. The van der Waals surface area contributed by atoms with Crippen LogP contribution in [0.15, 0.2) is 41.6 Å². The maximum absolute atomic E-state index is 9.34. The van der Waals surface area contributed by atoms with Gasteiger partial charge in [-0.15, -0.1) is 0 Å². The van der Waals surface area contributed by atoms with Gasteiger partial charge >= 0.3 is 0 Å². The van der Waals surface area contributed by atoms with Gasteiger partial charge in [0.2, 0.25) is 0 Å². The molecule has 0 saturated carbocycles. The summed E-state index contributed by atoms with van der Waals surface area (Å²) < 4.78 is 0. The maximum atomic E-state index is 9.34. The number of oxime groups is 1. The van der Waals surface area contributed by atoms with Crippen LogP contribution in [0, 0.1) is 0 Å². The number of rotatable bonds is 1. The van der Waals surface area contributed by atoms with Gasteiger partial charge in [-0.25, -0.2) is 0 Å². The molecule has 2 aliphatic rings. The largest absolute Gasteiger partial charge is 0.411 e. The van der Waals surface area contributed by atoms with Crippen molar-refractivity contribution in [2.75, 3.05) is 6.54 Å². The summed E-state index contributed by atoms with van der Waals surface area (Å²) in [6.07, 6.45) is 9.54. The van der Waals surface area contributed by atoms with Gasteiger partial charge < -0.3 is 5.21 Å². The van der Waals surface area contributed by atoms with Gasteiger partial charge in [-0.1, -0.05) is 41.6 Å². The Morgan fingerprint density at radius 1 is 1.05 bits per heavy atom. The predicted molar refractivity (Wildman–Crippen MR) is 81.2 cm³/mol. The molecule has 1 N–H and O–H groups in total. The van der Waals surface area contributed by atoms with Crippen LogP contribution in [0.1, 0.15) is 36.8 Å². The van der Waals surface area contributed by atoms with Crippen molar-refractivity contribution in [2.24, 2.45) is 5.16 Å². The summed E-state index contributed by atoms with van der Waals surface area (Å²) in [4.78, 5) is 2.48. The molecule has 1 aromatic carbocycles. The standard InChI is InChI=1S/C17H22N2O/c20-18-16-9-3-1-2-4-10-17(16)19-12-11-14-7-5-6-8-15(14)13-19/h1-2,5-8,17,20H,3-4,9-13H2. The molecule has 0 radical (unpaired) electrons. The summed E-state index contributed by atoms with van der Waals surface area (Å²) in [6.45, 7) is 2.04. The second-order valence-electron chi connectivity index (χ2n) is 5.68. The van der Waals surface area contributed by atoms with Gasteiger partial charge in [-0.2, -0.15) is 0 Å². The van der Waals surface area contributed by atoms with E-state index in [9.17, 15) is 5.21 Å². The van der Waals surface area contributed by atoms with E-state index >= 15 is 0 Å². The molecule has 0 bridgehead atoms. The van der Waals surface area contributed by atoms with Crippen LogP contribution in [-0.4, -0.2) is 28.4 Å². The van der Waals surface area contributed by atoms with E-state index in [2.05, 4.69) is 46.5 Å². The number of benzene rings is 1. The van der Waals surface area contributed by atoms with E-state index in [0.29, 0.717) is 6.04 Å². The van der Waals surface area contributed by atoms with Crippen molar-refractivity contribution in [2.45, 2.75) is 44.7 Å². The molecular weight excluding hydrogens is 248 g/mol. The van der Waals surface area contributed by atoms with Gasteiger partial charge in [0.15, 0.2) is 0 Å². The van der Waals surface area contributed by atoms with Crippen LogP contribution in [0.4, 0.5) is 0 Å². The summed E-state index contributed by atoms with van der Waals surface area (Å²) >= 11 is 0. The zero-order chi connectivity index (χ0) is 13.8. The number of allylic oxidation sites excluding steroid dienone is 2. The SMILES string of the molecule is ON=C1CCC=CCCC1N1CCc2ccccc2C1. The summed E-state index contributed by atoms with van der Waals surface area (Å²) in [5.41, 5.74) is 3.85. The molecule has 0 aromatic heterocycles. The first-order chi connectivity index (χ1) is 9.88. The lowest BCUT2D eigenvalue weighted by Gasteiger charge is -2.36. The highest BCUT2D eigenvalue weighted by Gasteiger charge is 2.27. The molecule has 1 unspecified atom stereocenters. The Labute approximate surface area is 120 Å². The predicted octanol–water partition coefficient (Wildman–Crippen LogP) is 3.37. The molecule has 106 valence electrons. The molecule has 3 rings (SSSR count). The summed E-state index contributed by atoms with van der Waals surface area (Å²) in [5, 5.41) is 12.9. The minimum atomic E-state index is 0.290. The van der Waals surface area contributed by atoms with Crippen LogP contribution < -0.4 is 0 Å². The molecule has 1 heterocycles. The molecule has 1 atom stereocenters. The van der Waals surface area contributed by atoms with Gasteiger partial charge in [0, 0.05) is 13.1 Å². The smallest absolute Gasteiger partial charge is 0.0745 e. The van der Waals surface area contributed by atoms with Crippen molar-refractivity contribution in [1.82, 2.24) is 4.90 Å². The lowest BCUT2D eigenvalue weighted by molar-refractivity contribution is 0.206. The highest BCUT2D eigenvalue weighted by molar-refractivity contribution is 5.89. The Bertz CT molecular complexity index is 521. The van der Waals surface area contributed by atoms with E-state index in [4.69, 9.17) is 0 Å². The fraction of sp³-hybridized carbons (Fsp3) is 0.471. The Morgan fingerprint density at radius 2 is 1.85 bits per heavy atom. The molecule has 20 heavy (non-hydrogen) atoms. The minimum absolute atomic E-state index is 0.290. The first-order valence-corrected chi connectivity index (χ1v) is 7.55. The Kier molecular flexibility index (Phi) is 4.16. The normalized spacial score (nSPS) is 26.0. The molecular formula is C17H22N2O. The zero-order valence-corrected chi connectivity index (χ0v) is 11.8. The van der Waals surface area contributed by atoms with Gasteiger partial charge in [0.25, 0.3) is 0 Å². The van der Waals surface area contributed by atoms with E-state index in [1.54, 1.807) is 0 Å². The van der Waals surface area contributed by atoms with Gasteiger partial charge in [0.05, 0.1) is 11.8 Å². The van der Waals surface area contributed by atoms with E-state index < -0.39 is 0 Å². The van der Waals surface area contributed by atoms with Crippen LogP contribution in [0.2, 0.25) is 0 Å². The van der Waals surface area contributed by atoms with E-state index in [1.807, 2.05) is 0 Å². The van der Waals surface area contributed by atoms with Crippen molar-refractivity contribution >= 4 is 5.71 Å². The summed E-state index contributed by atoms with van der Waals surface area (Å²) in [7, 11) is 0. The zero-order valence-electron chi connectivity index (χ0n) is 11.8. The quantitative estimate of drug-likeness (QED) is 0.482. The molecule has 1 aromatic rings. The molecule has 0 amide bonds. The lowest BCUT2D eigenvalue weighted by Crippen LogP contribution is -2.44. The van der Waals surface area contributed by atoms with Crippen LogP contribution >= 0.6 is 0 Å². The molecule has 0 saturated heterocycles. The fourth-order valence-electron chi connectivity index (χ4n) is 3.35. The highest BCUT2D eigenvalue weighted by Crippen LogP contribution is 2.24. The van der Waals surface area contributed by atoms with E-state index in [1.165, 1.54) is 11.1 Å². The van der Waals surface area contributed by atoms with Crippen molar-refractivity contribution < 1.29 is 5.21 Å². The highest BCUT2D eigenvalue weighted by atomic mass is 16.4. The van der Waals surface area contributed by atoms with Crippen molar-refractivity contribution in [3.8, 4) is 0 Å². The van der Waals surface area contributed by atoms with Crippen LogP contribution in [0.3, 0.4) is 0 Å². The molecule has 3 heteroatoms. The maximum Gasteiger partial charge on any atom is 0.0745 e. The fourth-order valence-corrected chi connectivity index (χ4v) is 3.35. The first-order valence-electron chi connectivity index (χ1n) is 7.55. The number of hydrogen-bond donors (Lipinski definition) is 1. The molecule has 0 spiro atoms. The second kappa shape index (κ2) is 6.23. The first kappa shape index (κ1) is 13.4. The van der Waals surface area contributed by atoms with Crippen LogP contribution in [0.5, 0.6) is 0 Å². The third kappa shape index (κ3) is 2.78. The number of nitrogens with zero attached hydrogens (tertiary/aromatic N) is 2. The number of fused-ring (bicyclic) bond motifs is 1. The third-order valence-electron chi connectivity index (χ3n) is 4.45. The lowest BCUT2D eigenvalue weighted by atomic mass is 9.93. The van der Waals surface area contributed by atoms with Gasteiger partial charge in [-0.3, -0.25) is 4.90 Å². The molecule has 3 nitrogen and oxygen atoms in total. The van der Waals surface area contributed by atoms with Crippen LogP contribution in [0.25, 0.3) is 0 Å². The van der Waals surface area contributed by atoms with Gasteiger partial charge in [0.1, 0.15) is 0 Å². The van der Waals surface area contributed by atoms with Crippen molar-refractivity contribution in [3.05, 3.63) is 47.5 Å². The topological polar surface area (TPSA) is 35.8 Å². The molecule has 1 aliphatic carbocycles. The Morgan fingerprint density at radius 3 is 2.70 bits per heavy atom. The average molecular weight is 270 g/mol. The van der Waals surface area contributed by atoms with E-state index in [-0.39, 0.29) is 0 Å². The summed E-state index contributed by atoms with van der Waals surface area (Å²) in [6, 6.07) is 8.98. The van der Waals surface area contributed by atoms with Crippen molar-refractivity contribution in [3.63, 3.8) is 0 Å². The van der Waals surface area contributed by atoms with E-state index in [0.717, 1.165) is 50.9 Å².